The van der Waals surface area contributed by atoms with Crippen LogP contribution in [0.5, 0.6) is 5.75 Å². The second-order valence-electron chi connectivity index (χ2n) is 2.66. The van der Waals surface area contributed by atoms with Gasteiger partial charge in [0, 0.05) is 0 Å². The maximum atomic E-state index is 5.53. The molecule has 0 spiro atoms. The molecule has 65 valence electrons. The van der Waals surface area contributed by atoms with E-state index in [0.29, 0.717) is 6.61 Å². The number of rotatable bonds is 3. The molecule has 0 fully saturated rings. The van der Waals surface area contributed by atoms with Crippen LogP contribution < -0.4 is 4.74 Å². The monoisotopic (exact) mass is 189 g/mol. The molecule has 0 saturated carbocycles. The highest BCUT2D eigenvalue weighted by molar-refractivity contribution is 7.07. The van der Waals surface area contributed by atoms with Gasteiger partial charge in [0.15, 0.2) is 0 Å². The molecule has 0 N–H and O–H groups in total. The number of thiophene rings is 1. The third-order valence-corrected chi connectivity index (χ3v) is 2.40. The lowest BCUT2D eigenvalue weighted by Gasteiger charge is -2.02. The van der Waals surface area contributed by atoms with Crippen LogP contribution in [0.4, 0.5) is 0 Å². The minimum Gasteiger partial charge on any atom is -0.489 e. The van der Waals surface area contributed by atoms with Gasteiger partial charge in [-0.3, -0.25) is 0 Å². The first-order valence-corrected chi connectivity index (χ1v) is 4.99. The summed E-state index contributed by atoms with van der Waals surface area (Å²) >= 11 is 1.69. The summed E-state index contributed by atoms with van der Waals surface area (Å²) in [5.41, 5.74) is 1.22. The van der Waals surface area contributed by atoms with E-state index >= 15 is 0 Å². The van der Waals surface area contributed by atoms with Crippen LogP contribution in [0.15, 0.2) is 41.1 Å². The molecule has 2 heteroatoms. The van der Waals surface area contributed by atoms with Crippen LogP contribution in [0.1, 0.15) is 5.56 Å². The van der Waals surface area contributed by atoms with Crippen molar-refractivity contribution < 1.29 is 4.74 Å². The Morgan fingerprint density at radius 2 is 2.38 bits per heavy atom. The van der Waals surface area contributed by atoms with Gasteiger partial charge in [0.05, 0.1) is 0 Å². The van der Waals surface area contributed by atoms with E-state index in [1.165, 1.54) is 5.56 Å². The van der Waals surface area contributed by atoms with Gasteiger partial charge in [-0.05, 0) is 40.6 Å². The average Bonchev–Trinajstić information content (AvgIpc) is 2.69. The molecule has 13 heavy (non-hydrogen) atoms. The highest BCUT2D eigenvalue weighted by atomic mass is 32.1. The van der Waals surface area contributed by atoms with Crippen molar-refractivity contribution in [2.24, 2.45) is 0 Å². The number of hydrogen-bond donors (Lipinski definition) is 0. The lowest BCUT2D eigenvalue weighted by atomic mass is 10.3. The molecule has 0 saturated heterocycles. The van der Waals surface area contributed by atoms with Crippen LogP contribution in [-0.4, -0.2) is 0 Å². The van der Waals surface area contributed by atoms with E-state index in [0.717, 1.165) is 5.75 Å². The molecule has 1 radical (unpaired) electrons. The number of ether oxygens (including phenoxy) is 1. The molecule has 0 amide bonds. The first-order chi connectivity index (χ1) is 6.45. The molecule has 0 bridgehead atoms. The van der Waals surface area contributed by atoms with Crippen molar-refractivity contribution in [1.29, 1.82) is 0 Å². The van der Waals surface area contributed by atoms with Crippen molar-refractivity contribution in [3.63, 3.8) is 0 Å². The zero-order chi connectivity index (χ0) is 8.93. The topological polar surface area (TPSA) is 9.23 Å². The van der Waals surface area contributed by atoms with Crippen molar-refractivity contribution in [3.05, 3.63) is 52.7 Å². The fourth-order valence-electron chi connectivity index (χ4n) is 1.01. The normalized spacial score (nSPS) is 9.85. The molecule has 1 nitrogen and oxygen atoms in total. The summed E-state index contributed by atoms with van der Waals surface area (Å²) in [6.45, 7) is 0.640. The van der Waals surface area contributed by atoms with Gasteiger partial charge in [0.2, 0.25) is 0 Å². The van der Waals surface area contributed by atoms with Crippen LogP contribution in [-0.2, 0) is 6.61 Å². The highest BCUT2D eigenvalue weighted by Gasteiger charge is 1.94. The van der Waals surface area contributed by atoms with Crippen LogP contribution in [0, 0.1) is 6.07 Å². The molecule has 2 aromatic rings. The zero-order valence-corrected chi connectivity index (χ0v) is 7.88. The molecule has 0 aliphatic carbocycles. The van der Waals surface area contributed by atoms with Crippen molar-refractivity contribution in [2.45, 2.75) is 6.61 Å². The molecule has 1 heterocycles. The van der Waals surface area contributed by atoms with Gasteiger partial charge < -0.3 is 4.74 Å². The lowest BCUT2D eigenvalue weighted by Crippen LogP contribution is -1.92. The van der Waals surface area contributed by atoms with Gasteiger partial charge in [-0.1, -0.05) is 12.1 Å². The molecular weight excluding hydrogens is 180 g/mol. The molecule has 0 aliphatic heterocycles. The summed E-state index contributed by atoms with van der Waals surface area (Å²) in [4.78, 5) is 0. The van der Waals surface area contributed by atoms with Gasteiger partial charge in [-0.15, -0.1) is 0 Å². The minimum absolute atomic E-state index is 0.640. The van der Waals surface area contributed by atoms with E-state index in [1.807, 2.05) is 24.3 Å². The van der Waals surface area contributed by atoms with Crippen molar-refractivity contribution in [3.8, 4) is 5.75 Å². The Balaban J connectivity index is 1.94. The summed E-state index contributed by atoms with van der Waals surface area (Å²) in [6, 6.07) is 12.6. The highest BCUT2D eigenvalue weighted by Crippen LogP contribution is 2.12. The standard InChI is InChI=1S/C11H9OS/c1-2-4-11(5-3-1)12-8-10-6-7-13-9-10/h1-2,4-7,9H,8H2. The second kappa shape index (κ2) is 4.10. The van der Waals surface area contributed by atoms with Crippen LogP contribution in [0.25, 0.3) is 0 Å². The fraction of sp³-hybridized carbons (Fsp3) is 0.0909. The molecule has 0 atom stereocenters. The molecule has 1 aromatic carbocycles. The molecule has 1 aromatic heterocycles. The van der Waals surface area contributed by atoms with E-state index in [4.69, 9.17) is 4.74 Å². The summed E-state index contributed by atoms with van der Waals surface area (Å²) < 4.78 is 5.53. The van der Waals surface area contributed by atoms with Crippen LogP contribution >= 0.6 is 11.3 Å². The van der Waals surface area contributed by atoms with E-state index in [9.17, 15) is 0 Å². The van der Waals surface area contributed by atoms with E-state index in [2.05, 4.69) is 22.9 Å². The Hall–Kier alpha value is -1.28. The van der Waals surface area contributed by atoms with Crippen molar-refractivity contribution >= 4 is 11.3 Å². The van der Waals surface area contributed by atoms with E-state index in [1.54, 1.807) is 11.3 Å². The van der Waals surface area contributed by atoms with Crippen molar-refractivity contribution in [2.75, 3.05) is 0 Å². The third kappa shape index (κ3) is 2.33. The Bertz CT molecular complexity index is 340. The van der Waals surface area contributed by atoms with Gasteiger partial charge in [0.25, 0.3) is 0 Å². The fourth-order valence-corrected chi connectivity index (χ4v) is 1.66. The Kier molecular flexibility index (Phi) is 2.62. The zero-order valence-electron chi connectivity index (χ0n) is 7.07. The Morgan fingerprint density at radius 3 is 3.08 bits per heavy atom. The van der Waals surface area contributed by atoms with Gasteiger partial charge in [0.1, 0.15) is 12.4 Å². The smallest absolute Gasteiger partial charge is 0.120 e. The lowest BCUT2D eigenvalue weighted by molar-refractivity contribution is 0.306. The summed E-state index contributed by atoms with van der Waals surface area (Å²) in [7, 11) is 0. The summed E-state index contributed by atoms with van der Waals surface area (Å²) in [6.07, 6.45) is 0. The van der Waals surface area contributed by atoms with E-state index in [-0.39, 0.29) is 0 Å². The first-order valence-electron chi connectivity index (χ1n) is 4.05. The third-order valence-electron chi connectivity index (χ3n) is 1.66. The largest absolute Gasteiger partial charge is 0.489 e. The predicted octanol–water partition coefficient (Wildman–Crippen LogP) is 3.13. The maximum Gasteiger partial charge on any atom is 0.120 e. The van der Waals surface area contributed by atoms with Gasteiger partial charge in [-0.25, -0.2) is 0 Å². The Labute approximate surface area is 81.6 Å². The van der Waals surface area contributed by atoms with Crippen LogP contribution in [0.2, 0.25) is 0 Å². The number of benzene rings is 1. The van der Waals surface area contributed by atoms with Crippen molar-refractivity contribution in [1.82, 2.24) is 0 Å². The average molecular weight is 189 g/mol. The number of hydrogen-bond acceptors (Lipinski definition) is 2. The molecular formula is C11H9OS. The Morgan fingerprint density at radius 1 is 1.38 bits per heavy atom. The first kappa shape index (κ1) is 8.32. The van der Waals surface area contributed by atoms with Gasteiger partial charge in [-0.2, -0.15) is 11.3 Å². The summed E-state index contributed by atoms with van der Waals surface area (Å²) in [5.74, 6) is 0.869. The molecule has 0 aliphatic rings. The van der Waals surface area contributed by atoms with Crippen LogP contribution in [0.3, 0.4) is 0 Å². The molecule has 0 unspecified atom stereocenters. The quantitative estimate of drug-likeness (QED) is 0.720. The summed E-state index contributed by atoms with van der Waals surface area (Å²) in [5, 5.41) is 4.14. The second-order valence-corrected chi connectivity index (χ2v) is 3.44. The van der Waals surface area contributed by atoms with E-state index < -0.39 is 0 Å². The molecule has 2 rings (SSSR count). The maximum absolute atomic E-state index is 5.53. The van der Waals surface area contributed by atoms with Gasteiger partial charge >= 0.3 is 0 Å². The predicted molar refractivity (Wildman–Crippen MR) is 53.9 cm³/mol. The SMILES string of the molecule is [c]1cccc(OCc2ccsc2)c1. The minimum atomic E-state index is 0.640.